The van der Waals surface area contributed by atoms with E-state index < -0.39 is 0 Å². The molecule has 0 saturated carbocycles. The summed E-state index contributed by atoms with van der Waals surface area (Å²) < 4.78 is 5.18. The Morgan fingerprint density at radius 3 is 2.41 bits per heavy atom. The molecule has 0 saturated heterocycles. The zero-order chi connectivity index (χ0) is 16.1. The first-order valence-electron chi connectivity index (χ1n) is 7.21. The third-order valence-corrected chi connectivity index (χ3v) is 3.77. The second-order valence-corrected chi connectivity index (χ2v) is 5.93. The van der Waals surface area contributed by atoms with E-state index in [4.69, 9.17) is 16.3 Å². The van der Waals surface area contributed by atoms with Gasteiger partial charge in [0.1, 0.15) is 5.75 Å². The number of carbonyl (C=O) groups excluding carboxylic acids is 1. The van der Waals surface area contributed by atoms with Gasteiger partial charge in [-0.3, -0.25) is 4.79 Å². The van der Waals surface area contributed by atoms with E-state index in [0.29, 0.717) is 10.8 Å². The molecule has 0 aliphatic heterocycles. The number of benzene rings is 2. The zero-order valence-electron chi connectivity index (χ0n) is 13.0. The Hall–Kier alpha value is -2.00. The van der Waals surface area contributed by atoms with Crippen molar-refractivity contribution in [2.75, 3.05) is 12.4 Å². The van der Waals surface area contributed by atoms with Gasteiger partial charge in [-0.15, -0.1) is 0 Å². The number of rotatable bonds is 5. The van der Waals surface area contributed by atoms with Gasteiger partial charge in [-0.25, -0.2) is 0 Å². The van der Waals surface area contributed by atoms with Crippen LogP contribution in [0.4, 0.5) is 5.69 Å². The lowest BCUT2D eigenvalue weighted by Crippen LogP contribution is -2.25. The van der Waals surface area contributed by atoms with Gasteiger partial charge in [-0.05, 0) is 35.7 Å². The first-order chi connectivity index (χ1) is 10.5. The highest BCUT2D eigenvalue weighted by Gasteiger charge is 2.24. The molecule has 0 bridgehead atoms. The Kier molecular flexibility index (Phi) is 5.45. The van der Waals surface area contributed by atoms with Crippen molar-refractivity contribution < 1.29 is 9.53 Å². The summed E-state index contributed by atoms with van der Waals surface area (Å²) in [6.45, 7) is 4.06. The molecular weight excluding hydrogens is 298 g/mol. The summed E-state index contributed by atoms with van der Waals surface area (Å²) in [6.07, 6.45) is 0. The van der Waals surface area contributed by atoms with Crippen molar-refractivity contribution in [3.63, 3.8) is 0 Å². The van der Waals surface area contributed by atoms with E-state index in [2.05, 4.69) is 5.32 Å². The standard InChI is InChI=1S/C18H20ClNO2/c1-12(2)17(13-7-9-14(19)10-8-13)18(21)20-15-5-4-6-16(11-15)22-3/h4-12,17H,1-3H3,(H,20,21). The molecule has 1 amide bonds. The number of halogens is 1. The minimum absolute atomic E-state index is 0.0365. The zero-order valence-corrected chi connectivity index (χ0v) is 13.7. The largest absolute Gasteiger partial charge is 0.497 e. The number of hydrogen-bond acceptors (Lipinski definition) is 2. The molecule has 3 nitrogen and oxygen atoms in total. The minimum Gasteiger partial charge on any atom is -0.497 e. The second-order valence-electron chi connectivity index (χ2n) is 5.49. The van der Waals surface area contributed by atoms with Crippen LogP contribution in [-0.2, 0) is 4.79 Å². The molecule has 1 N–H and O–H groups in total. The van der Waals surface area contributed by atoms with E-state index in [1.54, 1.807) is 13.2 Å². The van der Waals surface area contributed by atoms with Crippen molar-refractivity contribution in [2.45, 2.75) is 19.8 Å². The van der Waals surface area contributed by atoms with Crippen LogP contribution in [0.3, 0.4) is 0 Å². The van der Waals surface area contributed by atoms with Crippen LogP contribution < -0.4 is 10.1 Å². The number of anilines is 1. The van der Waals surface area contributed by atoms with E-state index in [0.717, 1.165) is 11.3 Å². The molecule has 2 rings (SSSR count). The summed E-state index contributed by atoms with van der Waals surface area (Å²) in [5, 5.41) is 3.63. The van der Waals surface area contributed by atoms with Gasteiger partial charge in [0.25, 0.3) is 0 Å². The van der Waals surface area contributed by atoms with E-state index in [9.17, 15) is 4.79 Å². The molecule has 22 heavy (non-hydrogen) atoms. The molecule has 0 aliphatic carbocycles. The molecule has 0 heterocycles. The van der Waals surface area contributed by atoms with Crippen LogP contribution in [0.15, 0.2) is 48.5 Å². The van der Waals surface area contributed by atoms with Crippen LogP contribution in [0.1, 0.15) is 25.3 Å². The smallest absolute Gasteiger partial charge is 0.232 e. The summed E-state index contributed by atoms with van der Waals surface area (Å²) in [6, 6.07) is 14.8. The Morgan fingerprint density at radius 1 is 1.14 bits per heavy atom. The van der Waals surface area contributed by atoms with Gasteiger partial charge in [0, 0.05) is 16.8 Å². The number of carbonyl (C=O) groups is 1. The Bertz CT molecular complexity index is 638. The SMILES string of the molecule is COc1cccc(NC(=O)C(c2ccc(Cl)cc2)C(C)C)c1. The molecule has 0 spiro atoms. The maximum Gasteiger partial charge on any atom is 0.232 e. The predicted octanol–water partition coefficient (Wildman–Crippen LogP) is 4.73. The van der Waals surface area contributed by atoms with E-state index in [1.807, 2.05) is 56.3 Å². The summed E-state index contributed by atoms with van der Waals surface area (Å²) >= 11 is 5.92. The number of ether oxygens (including phenoxy) is 1. The molecule has 0 fully saturated rings. The fourth-order valence-corrected chi connectivity index (χ4v) is 2.56. The lowest BCUT2D eigenvalue weighted by atomic mass is 9.87. The Balaban J connectivity index is 2.21. The maximum atomic E-state index is 12.7. The Morgan fingerprint density at radius 2 is 1.82 bits per heavy atom. The van der Waals surface area contributed by atoms with Crippen LogP contribution in [-0.4, -0.2) is 13.0 Å². The average Bonchev–Trinajstić information content (AvgIpc) is 2.49. The van der Waals surface area contributed by atoms with E-state index in [-0.39, 0.29) is 17.7 Å². The molecule has 1 unspecified atom stereocenters. The van der Waals surface area contributed by atoms with Gasteiger partial charge in [-0.1, -0.05) is 43.6 Å². The molecule has 4 heteroatoms. The number of amides is 1. The molecular formula is C18H20ClNO2. The Labute approximate surface area is 136 Å². The highest BCUT2D eigenvalue weighted by atomic mass is 35.5. The van der Waals surface area contributed by atoms with Crippen molar-refractivity contribution in [2.24, 2.45) is 5.92 Å². The summed E-state index contributed by atoms with van der Waals surface area (Å²) in [5.41, 5.74) is 1.68. The van der Waals surface area contributed by atoms with Gasteiger partial charge in [0.2, 0.25) is 5.91 Å². The highest BCUT2D eigenvalue weighted by Crippen LogP contribution is 2.28. The quantitative estimate of drug-likeness (QED) is 0.866. The lowest BCUT2D eigenvalue weighted by Gasteiger charge is -2.21. The number of nitrogens with one attached hydrogen (secondary N) is 1. The highest BCUT2D eigenvalue weighted by molar-refractivity contribution is 6.30. The normalized spacial score (nSPS) is 12.0. The minimum atomic E-state index is -0.233. The molecule has 1 atom stereocenters. The van der Waals surface area contributed by atoms with Crippen molar-refractivity contribution >= 4 is 23.2 Å². The van der Waals surface area contributed by atoms with Crippen LogP contribution >= 0.6 is 11.6 Å². The molecule has 116 valence electrons. The van der Waals surface area contributed by atoms with Gasteiger partial charge in [-0.2, -0.15) is 0 Å². The van der Waals surface area contributed by atoms with Gasteiger partial charge < -0.3 is 10.1 Å². The molecule has 2 aromatic carbocycles. The van der Waals surface area contributed by atoms with Gasteiger partial charge >= 0.3 is 0 Å². The van der Waals surface area contributed by atoms with E-state index in [1.165, 1.54) is 0 Å². The fraction of sp³-hybridized carbons (Fsp3) is 0.278. The van der Waals surface area contributed by atoms with Crippen LogP contribution in [0.2, 0.25) is 5.02 Å². The monoisotopic (exact) mass is 317 g/mol. The average molecular weight is 318 g/mol. The van der Waals surface area contributed by atoms with Crippen LogP contribution in [0, 0.1) is 5.92 Å². The van der Waals surface area contributed by atoms with Crippen molar-refractivity contribution in [1.82, 2.24) is 0 Å². The topological polar surface area (TPSA) is 38.3 Å². The molecule has 2 aromatic rings. The van der Waals surface area contributed by atoms with Crippen molar-refractivity contribution in [3.05, 3.63) is 59.1 Å². The summed E-state index contributed by atoms with van der Waals surface area (Å²) in [5.74, 6) is 0.617. The molecule has 0 radical (unpaired) electrons. The van der Waals surface area contributed by atoms with Crippen molar-refractivity contribution in [3.8, 4) is 5.75 Å². The first kappa shape index (κ1) is 16.4. The van der Waals surface area contributed by atoms with E-state index >= 15 is 0 Å². The lowest BCUT2D eigenvalue weighted by molar-refractivity contribution is -0.118. The first-order valence-corrected chi connectivity index (χ1v) is 7.59. The molecule has 0 aliphatic rings. The number of methoxy groups -OCH3 is 1. The number of hydrogen-bond donors (Lipinski definition) is 1. The van der Waals surface area contributed by atoms with Gasteiger partial charge in [0.15, 0.2) is 0 Å². The van der Waals surface area contributed by atoms with Crippen LogP contribution in [0.5, 0.6) is 5.75 Å². The van der Waals surface area contributed by atoms with Crippen LogP contribution in [0.25, 0.3) is 0 Å². The molecule has 0 aromatic heterocycles. The fourth-order valence-electron chi connectivity index (χ4n) is 2.43. The van der Waals surface area contributed by atoms with Crippen molar-refractivity contribution in [1.29, 1.82) is 0 Å². The van der Waals surface area contributed by atoms with Gasteiger partial charge in [0.05, 0.1) is 13.0 Å². The maximum absolute atomic E-state index is 12.7. The summed E-state index contributed by atoms with van der Waals surface area (Å²) in [4.78, 5) is 12.7. The second kappa shape index (κ2) is 7.32. The third-order valence-electron chi connectivity index (χ3n) is 3.52. The predicted molar refractivity (Wildman–Crippen MR) is 90.7 cm³/mol. The summed E-state index contributed by atoms with van der Waals surface area (Å²) in [7, 11) is 1.60. The third kappa shape index (κ3) is 4.01.